The van der Waals surface area contributed by atoms with Crippen LogP contribution in [0.15, 0.2) is 52.9 Å². The molecule has 0 atom stereocenters. The molecule has 0 unspecified atom stereocenters. The lowest BCUT2D eigenvalue weighted by Crippen LogP contribution is -2.41. The van der Waals surface area contributed by atoms with E-state index < -0.39 is 8.32 Å². The first-order valence-corrected chi connectivity index (χ1v) is 14.8. The number of ether oxygens (including phenoxy) is 3. The molecule has 3 rings (SSSR count). The molecule has 0 saturated heterocycles. The molecular weight excluding hydrogens is 446 g/mol. The van der Waals surface area contributed by atoms with E-state index in [1.807, 2.05) is 55.6 Å². The van der Waals surface area contributed by atoms with Gasteiger partial charge in [0.1, 0.15) is 23.7 Å². The maximum atomic E-state index is 6.10. The van der Waals surface area contributed by atoms with Crippen LogP contribution in [0.1, 0.15) is 20.8 Å². The van der Waals surface area contributed by atoms with Crippen LogP contribution in [0.4, 0.5) is 5.69 Å². The summed E-state index contributed by atoms with van der Waals surface area (Å²) in [6.07, 6.45) is 0. The Hall–Kier alpha value is -2.32. The summed E-state index contributed by atoms with van der Waals surface area (Å²) >= 11 is 0. The number of benzene rings is 2. The van der Waals surface area contributed by atoms with E-state index in [9.17, 15) is 0 Å². The van der Waals surface area contributed by atoms with Gasteiger partial charge in [0.2, 0.25) is 0 Å². The predicted molar refractivity (Wildman–Crippen MR) is 141 cm³/mol. The van der Waals surface area contributed by atoms with Gasteiger partial charge in [0.05, 0.1) is 33.0 Å². The minimum atomic E-state index is -1.70. The number of hydrogen-bond acceptors (Lipinski definition) is 6. The molecule has 0 saturated carbocycles. The van der Waals surface area contributed by atoms with Crippen LogP contribution in [-0.2, 0) is 13.9 Å². The van der Waals surface area contributed by atoms with Crippen molar-refractivity contribution in [1.29, 1.82) is 0 Å². The van der Waals surface area contributed by atoms with E-state index in [1.165, 1.54) is 0 Å². The Kier molecular flexibility index (Phi) is 9.19. The normalized spacial score (nSPS) is 12.3. The summed E-state index contributed by atoms with van der Waals surface area (Å²) in [5.41, 5.74) is 2.95. The van der Waals surface area contributed by atoms with Gasteiger partial charge in [0.15, 0.2) is 8.32 Å². The summed E-state index contributed by atoms with van der Waals surface area (Å²) in [6.45, 7) is 14.6. The van der Waals surface area contributed by atoms with E-state index in [-0.39, 0.29) is 5.04 Å². The zero-order chi connectivity index (χ0) is 24.6. The van der Waals surface area contributed by atoms with Crippen LogP contribution >= 0.6 is 0 Å². The fourth-order valence-electron chi connectivity index (χ4n) is 3.17. The van der Waals surface area contributed by atoms with E-state index in [2.05, 4.69) is 39.2 Å². The molecule has 34 heavy (non-hydrogen) atoms. The average Bonchev–Trinajstić information content (AvgIpc) is 3.23. The van der Waals surface area contributed by atoms with Gasteiger partial charge in [-0.05, 0) is 66.7 Å². The van der Waals surface area contributed by atoms with Gasteiger partial charge < -0.3 is 28.4 Å². The quantitative estimate of drug-likeness (QED) is 0.218. The fraction of sp³-hybridized carbons (Fsp3) is 0.481. The van der Waals surface area contributed by atoms with E-state index >= 15 is 0 Å². The van der Waals surface area contributed by atoms with Crippen molar-refractivity contribution < 1.29 is 23.1 Å². The van der Waals surface area contributed by atoms with Gasteiger partial charge in [-0.25, -0.2) is 0 Å². The first kappa shape index (κ1) is 26.3. The Balaban J connectivity index is 1.33. The van der Waals surface area contributed by atoms with Gasteiger partial charge in [-0.2, -0.15) is 0 Å². The van der Waals surface area contributed by atoms with E-state index in [1.54, 1.807) is 0 Å². The van der Waals surface area contributed by atoms with Crippen LogP contribution in [0.25, 0.3) is 22.3 Å². The summed E-state index contributed by atoms with van der Waals surface area (Å²) < 4.78 is 29.2. The third-order valence-corrected chi connectivity index (χ3v) is 10.8. The molecule has 0 spiro atoms. The van der Waals surface area contributed by atoms with Crippen molar-refractivity contribution >= 4 is 25.0 Å². The molecule has 3 aromatic rings. The van der Waals surface area contributed by atoms with Crippen LogP contribution in [0.2, 0.25) is 18.1 Å². The molecule has 186 valence electrons. The summed E-state index contributed by atoms with van der Waals surface area (Å²) in [6, 6.07) is 16.1. The van der Waals surface area contributed by atoms with Gasteiger partial charge in [0, 0.05) is 23.7 Å². The van der Waals surface area contributed by atoms with Crippen molar-refractivity contribution in [2.24, 2.45) is 0 Å². The number of fused-ring (bicyclic) bond motifs is 1. The molecule has 0 radical (unpaired) electrons. The van der Waals surface area contributed by atoms with E-state index in [0.717, 1.165) is 33.7 Å². The number of rotatable bonds is 13. The van der Waals surface area contributed by atoms with Crippen LogP contribution < -0.4 is 10.1 Å². The third-order valence-electron chi connectivity index (χ3n) is 6.31. The minimum absolute atomic E-state index is 0.221. The molecule has 6 nitrogen and oxygen atoms in total. The van der Waals surface area contributed by atoms with Crippen LogP contribution in [-0.4, -0.2) is 55.0 Å². The Labute approximate surface area is 204 Å². The Morgan fingerprint density at radius 1 is 0.824 bits per heavy atom. The van der Waals surface area contributed by atoms with Crippen molar-refractivity contribution in [1.82, 2.24) is 0 Å². The number of furan rings is 1. The smallest absolute Gasteiger partial charge is 0.192 e. The largest absolute Gasteiger partial charge is 0.491 e. The monoisotopic (exact) mass is 485 g/mol. The second-order valence-electron chi connectivity index (χ2n) is 9.82. The zero-order valence-electron chi connectivity index (χ0n) is 21.4. The third kappa shape index (κ3) is 7.34. The average molecular weight is 486 g/mol. The van der Waals surface area contributed by atoms with Crippen LogP contribution in [0.5, 0.6) is 5.75 Å². The Morgan fingerprint density at radius 3 is 2.12 bits per heavy atom. The van der Waals surface area contributed by atoms with Crippen molar-refractivity contribution in [2.75, 3.05) is 52.0 Å². The number of hydrogen-bond donors (Lipinski definition) is 1. The van der Waals surface area contributed by atoms with Crippen molar-refractivity contribution in [3.05, 3.63) is 48.5 Å². The summed E-state index contributed by atoms with van der Waals surface area (Å²) in [4.78, 5) is 0. The maximum Gasteiger partial charge on any atom is 0.192 e. The molecule has 0 bridgehead atoms. The molecule has 1 aromatic heterocycles. The van der Waals surface area contributed by atoms with Crippen molar-refractivity contribution in [3.63, 3.8) is 0 Å². The molecule has 0 aliphatic rings. The highest BCUT2D eigenvalue weighted by molar-refractivity contribution is 6.74. The topological polar surface area (TPSA) is 62.1 Å². The highest BCUT2D eigenvalue weighted by Crippen LogP contribution is 2.36. The lowest BCUT2D eigenvalue weighted by molar-refractivity contribution is 0.0260. The molecule has 0 aliphatic heterocycles. The van der Waals surface area contributed by atoms with Gasteiger partial charge in [-0.3, -0.25) is 0 Å². The SMILES string of the molecule is CNc1ccc(-c2cc3cc(OCCOCCOCCO[Si](C)(C)C(C)(C)C)ccc3o2)cc1. The summed E-state index contributed by atoms with van der Waals surface area (Å²) in [5, 5.41) is 4.36. The Bertz CT molecular complexity index is 1020. The lowest BCUT2D eigenvalue weighted by atomic mass is 10.1. The van der Waals surface area contributed by atoms with E-state index in [0.29, 0.717) is 39.6 Å². The molecule has 0 aliphatic carbocycles. The van der Waals surface area contributed by atoms with Crippen LogP contribution in [0.3, 0.4) is 0 Å². The number of anilines is 1. The highest BCUT2D eigenvalue weighted by Gasteiger charge is 2.36. The maximum absolute atomic E-state index is 6.10. The zero-order valence-corrected chi connectivity index (χ0v) is 22.4. The number of nitrogens with one attached hydrogen (secondary N) is 1. The van der Waals surface area contributed by atoms with Gasteiger partial charge in [-0.15, -0.1) is 0 Å². The summed E-state index contributed by atoms with van der Waals surface area (Å²) in [5.74, 6) is 1.64. The summed E-state index contributed by atoms with van der Waals surface area (Å²) in [7, 11) is 0.210. The first-order valence-electron chi connectivity index (χ1n) is 11.9. The lowest BCUT2D eigenvalue weighted by Gasteiger charge is -2.36. The predicted octanol–water partition coefficient (Wildman–Crippen LogP) is 6.58. The van der Waals surface area contributed by atoms with Crippen molar-refractivity contribution in [3.8, 4) is 17.1 Å². The second-order valence-corrected chi connectivity index (χ2v) is 14.6. The van der Waals surface area contributed by atoms with Crippen LogP contribution in [0, 0.1) is 0 Å². The molecule has 1 heterocycles. The molecule has 2 aromatic carbocycles. The fourth-order valence-corrected chi connectivity index (χ4v) is 4.19. The second kappa shape index (κ2) is 11.9. The van der Waals surface area contributed by atoms with Gasteiger partial charge >= 0.3 is 0 Å². The molecule has 0 amide bonds. The standard InChI is InChI=1S/C27H39NO5Si/c1-27(2,3)34(5,6)32-18-16-30-14-13-29-15-17-31-24-11-12-25-22(19-24)20-26(33-25)21-7-9-23(28-4)10-8-21/h7-12,19-20,28H,13-18H2,1-6H3. The first-order chi connectivity index (χ1) is 16.2. The molecule has 7 heteroatoms. The van der Waals surface area contributed by atoms with E-state index in [4.69, 9.17) is 23.1 Å². The van der Waals surface area contributed by atoms with Crippen molar-refractivity contribution in [2.45, 2.75) is 38.9 Å². The minimum Gasteiger partial charge on any atom is -0.491 e. The molecule has 0 fully saturated rings. The van der Waals surface area contributed by atoms with Gasteiger partial charge in [-0.1, -0.05) is 20.8 Å². The highest BCUT2D eigenvalue weighted by atomic mass is 28.4. The molecular formula is C27H39NO5Si. The van der Waals surface area contributed by atoms with Gasteiger partial charge in [0.25, 0.3) is 0 Å². The Morgan fingerprint density at radius 2 is 1.47 bits per heavy atom. The molecule has 1 N–H and O–H groups in total.